The first-order valence-corrected chi connectivity index (χ1v) is 9.72. The third-order valence-electron chi connectivity index (χ3n) is 5.07. The van der Waals surface area contributed by atoms with Crippen LogP contribution >= 0.6 is 0 Å². The Balaban J connectivity index is 1.66. The van der Waals surface area contributed by atoms with Crippen molar-refractivity contribution in [2.24, 2.45) is 0 Å². The number of carbonyl (C=O) groups excluding carboxylic acids is 2. The molecule has 0 radical (unpaired) electrons. The third-order valence-corrected chi connectivity index (χ3v) is 5.07. The van der Waals surface area contributed by atoms with Crippen LogP contribution in [0.4, 0.5) is 4.79 Å². The van der Waals surface area contributed by atoms with E-state index >= 15 is 0 Å². The minimum atomic E-state index is -0.501. The Labute approximate surface area is 156 Å². The van der Waals surface area contributed by atoms with Gasteiger partial charge in [-0.15, -0.1) is 0 Å². The van der Waals surface area contributed by atoms with Crippen molar-refractivity contribution in [1.29, 1.82) is 0 Å². The average molecular weight is 358 g/mol. The van der Waals surface area contributed by atoms with Gasteiger partial charge in [0, 0.05) is 24.7 Å². The number of hydrogen-bond donors (Lipinski definition) is 1. The van der Waals surface area contributed by atoms with Gasteiger partial charge >= 0.3 is 6.09 Å². The quantitative estimate of drug-likeness (QED) is 0.868. The molecule has 1 aromatic carbocycles. The number of amides is 2. The molecule has 5 nitrogen and oxygen atoms in total. The molecule has 1 fully saturated rings. The van der Waals surface area contributed by atoms with E-state index in [2.05, 4.69) is 5.32 Å². The van der Waals surface area contributed by atoms with Crippen LogP contribution in [0, 0.1) is 0 Å². The molecule has 3 rings (SSSR count). The summed E-state index contributed by atoms with van der Waals surface area (Å²) >= 11 is 0. The summed E-state index contributed by atoms with van der Waals surface area (Å²) in [4.78, 5) is 26.6. The van der Waals surface area contributed by atoms with Gasteiger partial charge in [0.2, 0.25) is 0 Å². The molecule has 5 heteroatoms. The molecule has 1 aliphatic carbocycles. The second kappa shape index (κ2) is 7.68. The topological polar surface area (TPSA) is 58.6 Å². The predicted octanol–water partition coefficient (Wildman–Crippen LogP) is 4.04. The van der Waals surface area contributed by atoms with E-state index in [0.717, 1.165) is 24.8 Å². The first-order chi connectivity index (χ1) is 12.3. The Kier molecular flexibility index (Phi) is 5.54. The highest BCUT2D eigenvalue weighted by Gasteiger charge is 2.26. The summed E-state index contributed by atoms with van der Waals surface area (Å²) in [6, 6.07) is 6.16. The number of nitrogens with zero attached hydrogens (tertiary/aromatic N) is 1. The van der Waals surface area contributed by atoms with Crippen LogP contribution in [0.2, 0.25) is 0 Å². The van der Waals surface area contributed by atoms with Crippen LogP contribution in [0.5, 0.6) is 0 Å². The minimum Gasteiger partial charge on any atom is -0.444 e. The Hall–Kier alpha value is -2.04. The first-order valence-electron chi connectivity index (χ1n) is 9.72. The molecule has 0 unspecified atom stereocenters. The number of ether oxygens (including phenoxy) is 1. The highest BCUT2D eigenvalue weighted by molar-refractivity contribution is 5.94. The summed E-state index contributed by atoms with van der Waals surface area (Å²) in [5.74, 6) is -0.00547. The van der Waals surface area contributed by atoms with Crippen LogP contribution in [0.25, 0.3) is 0 Å². The van der Waals surface area contributed by atoms with Crippen LogP contribution in [0.1, 0.15) is 74.4 Å². The van der Waals surface area contributed by atoms with Crippen molar-refractivity contribution in [1.82, 2.24) is 10.2 Å². The summed E-state index contributed by atoms with van der Waals surface area (Å²) in [6.07, 6.45) is 6.30. The normalized spacial score (nSPS) is 18.2. The van der Waals surface area contributed by atoms with Crippen LogP contribution in [0.3, 0.4) is 0 Å². The summed E-state index contributed by atoms with van der Waals surface area (Å²) in [5, 5.41) is 3.16. The fraction of sp³-hybridized carbons (Fsp3) is 0.619. The van der Waals surface area contributed by atoms with E-state index in [9.17, 15) is 9.59 Å². The van der Waals surface area contributed by atoms with E-state index in [4.69, 9.17) is 4.74 Å². The molecule has 1 saturated carbocycles. The largest absolute Gasteiger partial charge is 0.444 e. The highest BCUT2D eigenvalue weighted by atomic mass is 16.6. The fourth-order valence-electron chi connectivity index (χ4n) is 3.70. The van der Waals surface area contributed by atoms with E-state index in [1.165, 1.54) is 24.8 Å². The Morgan fingerprint density at radius 3 is 2.54 bits per heavy atom. The van der Waals surface area contributed by atoms with Crippen LogP contribution in [0.15, 0.2) is 18.2 Å². The van der Waals surface area contributed by atoms with Gasteiger partial charge in [-0.2, -0.15) is 0 Å². The van der Waals surface area contributed by atoms with E-state index in [0.29, 0.717) is 24.7 Å². The first kappa shape index (κ1) is 18.7. The predicted molar refractivity (Wildman–Crippen MR) is 101 cm³/mol. The van der Waals surface area contributed by atoms with Gasteiger partial charge in [-0.25, -0.2) is 4.79 Å². The molecule has 1 heterocycles. The molecule has 0 bridgehead atoms. The second-order valence-electron chi connectivity index (χ2n) is 8.44. The van der Waals surface area contributed by atoms with Crippen LogP contribution < -0.4 is 5.32 Å². The van der Waals surface area contributed by atoms with Crippen molar-refractivity contribution in [3.8, 4) is 0 Å². The van der Waals surface area contributed by atoms with Crippen LogP contribution in [-0.4, -0.2) is 35.1 Å². The Morgan fingerprint density at radius 2 is 1.85 bits per heavy atom. The monoisotopic (exact) mass is 358 g/mol. The standard InChI is InChI=1S/C21H30N2O3/c1-21(2,3)26-20(25)23-12-11-15-9-10-16(13-17(15)14-23)19(24)22-18-7-5-4-6-8-18/h9-10,13,18H,4-8,11-12,14H2,1-3H3,(H,22,24). The molecule has 26 heavy (non-hydrogen) atoms. The summed E-state index contributed by atoms with van der Waals surface area (Å²) in [7, 11) is 0. The number of hydrogen-bond acceptors (Lipinski definition) is 3. The van der Waals surface area contributed by atoms with E-state index in [-0.39, 0.29) is 12.0 Å². The fourth-order valence-corrected chi connectivity index (χ4v) is 3.70. The maximum absolute atomic E-state index is 12.6. The molecule has 2 amide bonds. The molecular formula is C21H30N2O3. The zero-order valence-electron chi connectivity index (χ0n) is 16.1. The zero-order chi connectivity index (χ0) is 18.7. The van der Waals surface area contributed by atoms with Gasteiger partial charge in [0.15, 0.2) is 0 Å². The molecule has 142 valence electrons. The van der Waals surface area contributed by atoms with E-state index in [1.54, 1.807) is 4.90 Å². The van der Waals surface area contributed by atoms with Crippen molar-refractivity contribution in [3.63, 3.8) is 0 Å². The molecule has 0 atom stereocenters. The third kappa shape index (κ3) is 4.77. The lowest BCUT2D eigenvalue weighted by atomic mass is 9.94. The summed E-state index contributed by atoms with van der Waals surface area (Å²) in [5.41, 5.74) is 2.43. The van der Waals surface area contributed by atoms with Gasteiger partial charge in [0.25, 0.3) is 5.91 Å². The molecule has 1 aromatic rings. The number of fused-ring (bicyclic) bond motifs is 1. The molecule has 0 spiro atoms. The van der Waals surface area contributed by atoms with Crippen molar-refractivity contribution in [2.75, 3.05) is 6.54 Å². The lowest BCUT2D eigenvalue weighted by Gasteiger charge is -2.31. The van der Waals surface area contributed by atoms with Crippen molar-refractivity contribution >= 4 is 12.0 Å². The van der Waals surface area contributed by atoms with Gasteiger partial charge in [0.1, 0.15) is 5.60 Å². The molecular weight excluding hydrogens is 328 g/mol. The Bertz CT molecular complexity index is 672. The van der Waals surface area contributed by atoms with Gasteiger partial charge in [0.05, 0.1) is 0 Å². The van der Waals surface area contributed by atoms with Crippen molar-refractivity contribution in [2.45, 2.75) is 77.5 Å². The minimum absolute atomic E-state index is 0.00547. The SMILES string of the molecule is CC(C)(C)OC(=O)N1CCc2ccc(C(=O)NC3CCCCC3)cc2C1. The highest BCUT2D eigenvalue weighted by Crippen LogP contribution is 2.23. The number of nitrogens with one attached hydrogen (secondary N) is 1. The average Bonchev–Trinajstić information content (AvgIpc) is 2.60. The second-order valence-corrected chi connectivity index (χ2v) is 8.44. The van der Waals surface area contributed by atoms with E-state index in [1.807, 2.05) is 39.0 Å². The van der Waals surface area contributed by atoms with Gasteiger partial charge in [-0.1, -0.05) is 25.3 Å². The molecule has 0 saturated heterocycles. The number of rotatable bonds is 2. The molecule has 0 aromatic heterocycles. The van der Waals surface area contributed by atoms with Gasteiger partial charge in [-0.05, 0) is 63.3 Å². The zero-order valence-corrected chi connectivity index (χ0v) is 16.1. The molecule has 1 aliphatic heterocycles. The lowest BCUT2D eigenvalue weighted by Crippen LogP contribution is -2.40. The van der Waals surface area contributed by atoms with Crippen LogP contribution in [-0.2, 0) is 17.7 Å². The maximum atomic E-state index is 12.6. The van der Waals surface area contributed by atoms with Gasteiger partial charge < -0.3 is 15.0 Å². The van der Waals surface area contributed by atoms with Gasteiger partial charge in [-0.3, -0.25) is 4.79 Å². The lowest BCUT2D eigenvalue weighted by molar-refractivity contribution is 0.0224. The maximum Gasteiger partial charge on any atom is 0.410 e. The smallest absolute Gasteiger partial charge is 0.410 e. The van der Waals surface area contributed by atoms with Crippen molar-refractivity contribution < 1.29 is 14.3 Å². The van der Waals surface area contributed by atoms with Crippen molar-refractivity contribution in [3.05, 3.63) is 34.9 Å². The molecule has 2 aliphatic rings. The molecule has 1 N–H and O–H groups in total. The Morgan fingerprint density at radius 1 is 1.12 bits per heavy atom. The summed E-state index contributed by atoms with van der Waals surface area (Å²) in [6.45, 7) is 6.76. The number of carbonyl (C=O) groups is 2. The van der Waals surface area contributed by atoms with E-state index < -0.39 is 5.60 Å². The number of benzene rings is 1. The summed E-state index contributed by atoms with van der Waals surface area (Å²) < 4.78 is 5.48.